The van der Waals surface area contributed by atoms with E-state index < -0.39 is 0 Å². The van der Waals surface area contributed by atoms with Gasteiger partial charge >= 0.3 is 5.69 Å². The van der Waals surface area contributed by atoms with Gasteiger partial charge in [-0.2, -0.15) is 0 Å². The Labute approximate surface area is 207 Å². The van der Waals surface area contributed by atoms with Crippen molar-refractivity contribution in [3.05, 3.63) is 87.6 Å². The molecule has 1 fully saturated rings. The number of carbonyl (C=O) groups is 1. The number of piperazine rings is 1. The Bertz CT molecular complexity index is 1420. The maximum atomic E-state index is 12.9. The standard InChI is InChI=1S/C25H26ClN7O2/c1-18-6-2-5-9-21(18)30-12-14-31(15-13-30)23-24-29-33(25(35)32(24)11-10-27-23)17-22(34)28-16-19-7-3-4-8-20(19)26/h2-11H,12-17H2,1H3,(H,28,34). The van der Waals surface area contributed by atoms with Crippen LogP contribution in [0.15, 0.2) is 65.7 Å². The van der Waals surface area contributed by atoms with E-state index in [4.69, 9.17) is 11.6 Å². The second kappa shape index (κ2) is 9.79. The molecule has 4 aromatic rings. The Morgan fingerprint density at radius 2 is 1.74 bits per heavy atom. The van der Waals surface area contributed by atoms with Crippen LogP contribution < -0.4 is 20.8 Å². The molecule has 10 heteroatoms. The predicted octanol–water partition coefficient (Wildman–Crippen LogP) is 2.50. The normalized spacial score (nSPS) is 13.9. The van der Waals surface area contributed by atoms with Crippen LogP contribution in [-0.4, -0.2) is 51.3 Å². The number of halogens is 1. The average molecular weight is 492 g/mol. The molecule has 0 aliphatic carbocycles. The minimum atomic E-state index is -0.380. The maximum Gasteiger partial charge on any atom is 0.350 e. The molecular formula is C25H26ClN7O2. The lowest BCUT2D eigenvalue weighted by Crippen LogP contribution is -2.47. The quantitative estimate of drug-likeness (QED) is 0.446. The van der Waals surface area contributed by atoms with Gasteiger partial charge in [0.2, 0.25) is 11.6 Å². The summed E-state index contributed by atoms with van der Waals surface area (Å²) in [6.07, 6.45) is 3.18. The van der Waals surface area contributed by atoms with Crippen LogP contribution >= 0.6 is 11.6 Å². The van der Waals surface area contributed by atoms with Crippen LogP contribution in [0.5, 0.6) is 0 Å². The van der Waals surface area contributed by atoms with Crippen LogP contribution in [-0.2, 0) is 17.9 Å². The molecule has 0 unspecified atom stereocenters. The molecule has 5 rings (SSSR count). The van der Waals surface area contributed by atoms with E-state index in [1.807, 2.05) is 24.3 Å². The van der Waals surface area contributed by atoms with E-state index >= 15 is 0 Å². The van der Waals surface area contributed by atoms with Gasteiger partial charge in [-0.25, -0.2) is 18.9 Å². The summed E-state index contributed by atoms with van der Waals surface area (Å²) in [7, 11) is 0. The molecule has 0 atom stereocenters. The van der Waals surface area contributed by atoms with Crippen molar-refractivity contribution in [1.82, 2.24) is 24.5 Å². The summed E-state index contributed by atoms with van der Waals surface area (Å²) >= 11 is 6.15. The summed E-state index contributed by atoms with van der Waals surface area (Å²) in [6.45, 7) is 5.38. The van der Waals surface area contributed by atoms with Crippen molar-refractivity contribution in [2.24, 2.45) is 0 Å². The molecule has 0 bridgehead atoms. The number of rotatable bonds is 6. The number of aromatic nitrogens is 4. The third-order valence-corrected chi connectivity index (χ3v) is 6.61. The summed E-state index contributed by atoms with van der Waals surface area (Å²) in [4.78, 5) is 34.4. The molecule has 0 spiro atoms. The highest BCUT2D eigenvalue weighted by atomic mass is 35.5. The van der Waals surface area contributed by atoms with Gasteiger partial charge in [-0.05, 0) is 30.2 Å². The highest BCUT2D eigenvalue weighted by molar-refractivity contribution is 6.31. The molecule has 1 saturated heterocycles. The van der Waals surface area contributed by atoms with Crippen molar-refractivity contribution < 1.29 is 4.79 Å². The number of aryl methyl sites for hydroxylation is 1. The van der Waals surface area contributed by atoms with Crippen LogP contribution in [0.1, 0.15) is 11.1 Å². The highest BCUT2D eigenvalue weighted by Gasteiger charge is 2.23. The zero-order chi connectivity index (χ0) is 24.4. The fourth-order valence-electron chi connectivity index (χ4n) is 4.37. The van der Waals surface area contributed by atoms with Gasteiger partial charge in [0, 0.05) is 55.8 Å². The smallest absolute Gasteiger partial charge is 0.350 e. The monoisotopic (exact) mass is 491 g/mol. The number of amides is 1. The summed E-state index contributed by atoms with van der Waals surface area (Å²) in [5.41, 5.74) is 3.36. The maximum absolute atomic E-state index is 12.9. The van der Waals surface area contributed by atoms with Gasteiger partial charge < -0.3 is 15.1 Å². The van der Waals surface area contributed by atoms with E-state index in [-0.39, 0.29) is 24.7 Å². The van der Waals surface area contributed by atoms with Gasteiger partial charge in [-0.15, -0.1) is 5.10 Å². The van der Waals surface area contributed by atoms with Crippen molar-refractivity contribution in [3.8, 4) is 0 Å². The third-order valence-electron chi connectivity index (χ3n) is 6.25. The van der Waals surface area contributed by atoms with Crippen LogP contribution in [0.25, 0.3) is 5.65 Å². The van der Waals surface area contributed by atoms with Crippen LogP contribution in [0.3, 0.4) is 0 Å². The lowest BCUT2D eigenvalue weighted by Gasteiger charge is -2.37. The summed E-state index contributed by atoms with van der Waals surface area (Å²) in [6, 6.07) is 15.7. The van der Waals surface area contributed by atoms with E-state index in [1.54, 1.807) is 18.5 Å². The summed E-state index contributed by atoms with van der Waals surface area (Å²) in [5, 5.41) is 7.83. The van der Waals surface area contributed by atoms with Crippen molar-refractivity contribution in [1.29, 1.82) is 0 Å². The van der Waals surface area contributed by atoms with Gasteiger partial charge in [-0.3, -0.25) is 4.79 Å². The fraction of sp³-hybridized carbons (Fsp3) is 0.280. The van der Waals surface area contributed by atoms with Gasteiger partial charge in [0.05, 0.1) is 0 Å². The Morgan fingerprint density at radius 1 is 1.03 bits per heavy atom. The summed E-state index contributed by atoms with van der Waals surface area (Å²) < 4.78 is 2.61. The lowest BCUT2D eigenvalue weighted by molar-refractivity contribution is -0.122. The van der Waals surface area contributed by atoms with E-state index in [0.29, 0.717) is 16.5 Å². The first-order valence-corrected chi connectivity index (χ1v) is 11.9. The van der Waals surface area contributed by atoms with Gasteiger partial charge in [0.1, 0.15) is 6.54 Å². The molecule has 1 aliphatic heterocycles. The molecule has 3 heterocycles. The van der Waals surface area contributed by atoms with E-state index in [0.717, 1.165) is 31.7 Å². The number of para-hydroxylation sites is 1. The molecule has 1 N–H and O–H groups in total. The molecule has 2 aromatic heterocycles. The topological polar surface area (TPSA) is 87.8 Å². The van der Waals surface area contributed by atoms with E-state index in [9.17, 15) is 9.59 Å². The molecule has 35 heavy (non-hydrogen) atoms. The number of nitrogens with one attached hydrogen (secondary N) is 1. The predicted molar refractivity (Wildman–Crippen MR) is 136 cm³/mol. The van der Waals surface area contributed by atoms with Gasteiger partial charge in [0.25, 0.3) is 0 Å². The minimum Gasteiger partial charge on any atom is -0.368 e. The second-order valence-electron chi connectivity index (χ2n) is 8.51. The zero-order valence-electron chi connectivity index (χ0n) is 19.4. The van der Waals surface area contributed by atoms with E-state index in [1.165, 1.54) is 20.3 Å². The van der Waals surface area contributed by atoms with Crippen molar-refractivity contribution in [2.45, 2.75) is 20.0 Å². The molecule has 1 aliphatic rings. The number of fused-ring (bicyclic) bond motifs is 1. The molecule has 0 saturated carbocycles. The first kappa shape index (κ1) is 22.9. The number of hydrogen-bond donors (Lipinski definition) is 1. The minimum absolute atomic E-state index is 0.189. The van der Waals surface area contributed by atoms with Gasteiger partial charge in [0.15, 0.2) is 5.82 Å². The lowest BCUT2D eigenvalue weighted by atomic mass is 10.1. The summed E-state index contributed by atoms with van der Waals surface area (Å²) in [5.74, 6) is 0.320. The van der Waals surface area contributed by atoms with Crippen molar-refractivity contribution in [3.63, 3.8) is 0 Å². The Balaban J connectivity index is 1.30. The van der Waals surface area contributed by atoms with Crippen molar-refractivity contribution in [2.75, 3.05) is 36.0 Å². The van der Waals surface area contributed by atoms with Crippen LogP contribution in [0.2, 0.25) is 5.02 Å². The first-order chi connectivity index (χ1) is 17.0. The molecule has 180 valence electrons. The number of benzene rings is 2. The van der Waals surface area contributed by atoms with Crippen LogP contribution in [0.4, 0.5) is 11.5 Å². The van der Waals surface area contributed by atoms with Gasteiger partial charge in [-0.1, -0.05) is 48.0 Å². The largest absolute Gasteiger partial charge is 0.368 e. The molecule has 1 amide bonds. The number of nitrogens with zero attached hydrogens (tertiary/aromatic N) is 6. The zero-order valence-corrected chi connectivity index (χ0v) is 20.1. The first-order valence-electron chi connectivity index (χ1n) is 11.5. The second-order valence-corrected chi connectivity index (χ2v) is 8.92. The fourth-order valence-corrected chi connectivity index (χ4v) is 4.57. The molecule has 0 radical (unpaired) electrons. The Morgan fingerprint density at radius 3 is 2.51 bits per heavy atom. The highest BCUT2D eigenvalue weighted by Crippen LogP contribution is 2.23. The van der Waals surface area contributed by atoms with E-state index in [2.05, 4.69) is 50.3 Å². The molecular weight excluding hydrogens is 466 g/mol. The Hall–Kier alpha value is -3.85. The molecule has 9 nitrogen and oxygen atoms in total. The number of anilines is 2. The number of hydrogen-bond acceptors (Lipinski definition) is 6. The SMILES string of the molecule is Cc1ccccc1N1CCN(c2nccn3c(=O)n(CC(=O)NCc4ccccc4Cl)nc23)CC1. The average Bonchev–Trinajstić information content (AvgIpc) is 3.19. The van der Waals surface area contributed by atoms with Crippen molar-refractivity contribution >= 4 is 34.7 Å². The van der Waals surface area contributed by atoms with Crippen LogP contribution in [0, 0.1) is 6.92 Å². The molecule has 2 aromatic carbocycles. The Kier molecular flexibility index (Phi) is 6.41. The third kappa shape index (κ3) is 4.72. The number of carbonyl (C=O) groups excluding carboxylic acids is 1.